The Bertz CT molecular complexity index is 1230. The van der Waals surface area contributed by atoms with Crippen LogP contribution in [0.5, 0.6) is 5.75 Å². The van der Waals surface area contributed by atoms with Crippen LogP contribution in [0, 0.1) is 5.82 Å². The van der Waals surface area contributed by atoms with Gasteiger partial charge in [0.2, 0.25) is 0 Å². The van der Waals surface area contributed by atoms with Crippen molar-refractivity contribution in [2.45, 2.75) is 50.6 Å². The molecule has 0 amide bonds. The summed E-state index contributed by atoms with van der Waals surface area (Å²) in [5.41, 5.74) is 4.39. The number of halogens is 1. The number of carbonyl (C=O) groups is 1. The normalized spacial score (nSPS) is 18.6. The van der Waals surface area contributed by atoms with Gasteiger partial charge in [-0.3, -0.25) is 0 Å². The Morgan fingerprint density at radius 3 is 2.71 bits per heavy atom. The minimum atomic E-state index is -0.932. The molecule has 186 valence electrons. The summed E-state index contributed by atoms with van der Waals surface area (Å²) in [7, 11) is 4.08. The number of hydrogen-bond donors (Lipinski definition) is 2. The molecule has 2 aliphatic rings. The number of carboxylic acid groups (broad SMARTS) is 1. The minimum Gasteiger partial charge on any atom is -0.491 e. The molecule has 1 aliphatic heterocycles. The van der Waals surface area contributed by atoms with E-state index >= 15 is 0 Å². The van der Waals surface area contributed by atoms with Crippen LogP contribution in [0.15, 0.2) is 36.4 Å². The van der Waals surface area contributed by atoms with Crippen molar-refractivity contribution in [1.29, 1.82) is 0 Å². The molecule has 1 aliphatic carbocycles. The van der Waals surface area contributed by atoms with Crippen LogP contribution < -0.4 is 10.1 Å². The molecule has 0 radical (unpaired) electrons. The van der Waals surface area contributed by atoms with Crippen molar-refractivity contribution in [1.82, 2.24) is 14.8 Å². The van der Waals surface area contributed by atoms with Gasteiger partial charge in [0.05, 0.1) is 17.3 Å². The van der Waals surface area contributed by atoms with Crippen molar-refractivity contribution >= 4 is 16.9 Å². The van der Waals surface area contributed by atoms with Crippen molar-refractivity contribution in [2.24, 2.45) is 0 Å². The van der Waals surface area contributed by atoms with Crippen molar-refractivity contribution in [2.75, 3.05) is 33.8 Å². The molecule has 6 nitrogen and oxygen atoms in total. The molecular formula is C28H34FN3O3. The van der Waals surface area contributed by atoms with E-state index in [4.69, 9.17) is 4.74 Å². The van der Waals surface area contributed by atoms with Crippen LogP contribution in [0.4, 0.5) is 4.39 Å². The number of benzene rings is 2. The maximum absolute atomic E-state index is 14.3. The first-order valence-electron chi connectivity index (χ1n) is 12.6. The van der Waals surface area contributed by atoms with E-state index in [2.05, 4.69) is 14.8 Å². The quantitative estimate of drug-likeness (QED) is 0.515. The first-order valence-corrected chi connectivity index (χ1v) is 12.6. The number of aromatic nitrogens is 1. The summed E-state index contributed by atoms with van der Waals surface area (Å²) in [4.78, 5) is 14.0. The van der Waals surface area contributed by atoms with Crippen LogP contribution in [-0.2, 0) is 6.54 Å². The standard InChI is InChI=1S/C28H34FN3O3/c1-31(2)13-12-30-21-16-32-24-14-19(28(33)34)8-10-22(24)26(18-6-4-3-5-7-18)27(32)23-11-9-20(29)15-25(23)35-17-21/h8-11,14-15,18,21,30H,3-7,12-13,16-17H2,1-2H3,(H,33,34). The van der Waals surface area contributed by atoms with Crippen molar-refractivity contribution in [3.05, 3.63) is 53.3 Å². The Morgan fingerprint density at radius 2 is 1.97 bits per heavy atom. The zero-order chi connectivity index (χ0) is 24.5. The topological polar surface area (TPSA) is 66.7 Å². The molecule has 1 saturated carbocycles. The number of carboxylic acids is 1. The van der Waals surface area contributed by atoms with Gasteiger partial charge >= 0.3 is 5.97 Å². The predicted molar refractivity (Wildman–Crippen MR) is 136 cm³/mol. The number of nitrogens with one attached hydrogen (secondary N) is 1. The molecule has 1 atom stereocenters. The van der Waals surface area contributed by atoms with Crippen LogP contribution in [0.2, 0.25) is 0 Å². The molecule has 2 aromatic carbocycles. The summed E-state index contributed by atoms with van der Waals surface area (Å²) in [6, 6.07) is 10.3. The molecule has 1 fully saturated rings. The summed E-state index contributed by atoms with van der Waals surface area (Å²) >= 11 is 0. The molecule has 5 rings (SSSR count). The number of likely N-dealkylation sites (N-methyl/N-ethyl adjacent to an activating group) is 1. The van der Waals surface area contributed by atoms with Gasteiger partial charge in [0, 0.05) is 42.2 Å². The second-order valence-electron chi connectivity index (χ2n) is 10.2. The van der Waals surface area contributed by atoms with E-state index in [9.17, 15) is 14.3 Å². The minimum absolute atomic E-state index is 0.00610. The Labute approximate surface area is 205 Å². The number of nitrogens with zero attached hydrogens (tertiary/aromatic N) is 2. The summed E-state index contributed by atoms with van der Waals surface area (Å²) in [6.45, 7) is 2.73. The van der Waals surface area contributed by atoms with Gasteiger partial charge in [-0.25, -0.2) is 9.18 Å². The zero-order valence-corrected chi connectivity index (χ0v) is 20.5. The fourth-order valence-corrected chi connectivity index (χ4v) is 5.68. The van der Waals surface area contributed by atoms with Gasteiger partial charge in [-0.2, -0.15) is 0 Å². The third kappa shape index (κ3) is 4.80. The lowest BCUT2D eigenvalue weighted by atomic mass is 9.81. The van der Waals surface area contributed by atoms with Crippen LogP contribution in [-0.4, -0.2) is 60.4 Å². The van der Waals surface area contributed by atoms with Crippen molar-refractivity contribution < 1.29 is 19.0 Å². The van der Waals surface area contributed by atoms with Gasteiger partial charge in [0.15, 0.2) is 0 Å². The Balaban J connectivity index is 1.72. The van der Waals surface area contributed by atoms with Crippen LogP contribution in [0.25, 0.3) is 22.2 Å². The molecule has 1 aromatic heterocycles. The zero-order valence-electron chi connectivity index (χ0n) is 20.5. The van der Waals surface area contributed by atoms with E-state index in [0.717, 1.165) is 48.1 Å². The van der Waals surface area contributed by atoms with Gasteiger partial charge in [0.1, 0.15) is 18.2 Å². The van der Waals surface area contributed by atoms with Gasteiger partial charge in [0.25, 0.3) is 0 Å². The van der Waals surface area contributed by atoms with Crippen LogP contribution in [0.1, 0.15) is 53.9 Å². The summed E-state index contributed by atoms with van der Waals surface area (Å²) < 4.78 is 22.8. The monoisotopic (exact) mass is 479 g/mol. The van der Waals surface area contributed by atoms with E-state index in [1.165, 1.54) is 37.0 Å². The highest BCUT2D eigenvalue weighted by atomic mass is 19.1. The van der Waals surface area contributed by atoms with E-state index in [1.807, 2.05) is 26.2 Å². The lowest BCUT2D eigenvalue weighted by Gasteiger charge is -2.28. The van der Waals surface area contributed by atoms with E-state index in [-0.39, 0.29) is 17.4 Å². The first kappa shape index (κ1) is 23.8. The average Bonchev–Trinajstić information content (AvgIpc) is 3.14. The molecule has 35 heavy (non-hydrogen) atoms. The maximum Gasteiger partial charge on any atom is 0.335 e. The van der Waals surface area contributed by atoms with E-state index in [0.29, 0.717) is 24.8 Å². The molecule has 0 saturated heterocycles. The number of rotatable bonds is 6. The Hall–Kier alpha value is -2.90. The van der Waals surface area contributed by atoms with Crippen LogP contribution in [0.3, 0.4) is 0 Å². The van der Waals surface area contributed by atoms with Crippen LogP contribution >= 0.6 is 0 Å². The highest BCUT2D eigenvalue weighted by molar-refractivity contribution is 5.98. The summed E-state index contributed by atoms with van der Waals surface area (Å²) in [5, 5.41) is 14.4. The third-order valence-electron chi connectivity index (χ3n) is 7.40. The van der Waals surface area contributed by atoms with Crippen molar-refractivity contribution in [3.63, 3.8) is 0 Å². The molecule has 2 heterocycles. The lowest BCUT2D eigenvalue weighted by Crippen LogP contribution is -2.42. The maximum atomic E-state index is 14.3. The lowest BCUT2D eigenvalue weighted by molar-refractivity contribution is 0.0697. The highest BCUT2D eigenvalue weighted by Gasteiger charge is 2.31. The van der Waals surface area contributed by atoms with Gasteiger partial charge in [-0.15, -0.1) is 0 Å². The number of ether oxygens (including phenoxy) is 1. The first-order chi connectivity index (χ1) is 16.9. The van der Waals surface area contributed by atoms with Gasteiger partial charge < -0.3 is 24.6 Å². The molecule has 1 unspecified atom stereocenters. The molecule has 2 N–H and O–H groups in total. The van der Waals surface area contributed by atoms with E-state index in [1.54, 1.807) is 12.1 Å². The highest BCUT2D eigenvalue weighted by Crippen LogP contribution is 2.47. The van der Waals surface area contributed by atoms with Gasteiger partial charge in [-0.05, 0) is 62.7 Å². The molecule has 7 heteroatoms. The largest absolute Gasteiger partial charge is 0.491 e. The number of fused-ring (bicyclic) bond motifs is 5. The smallest absolute Gasteiger partial charge is 0.335 e. The Morgan fingerprint density at radius 1 is 1.17 bits per heavy atom. The fourth-order valence-electron chi connectivity index (χ4n) is 5.68. The average molecular weight is 480 g/mol. The summed E-state index contributed by atoms with van der Waals surface area (Å²) in [6.07, 6.45) is 5.83. The number of aromatic carboxylic acids is 1. The van der Waals surface area contributed by atoms with Gasteiger partial charge in [-0.1, -0.05) is 25.3 Å². The molecule has 0 spiro atoms. The summed E-state index contributed by atoms with van der Waals surface area (Å²) in [5.74, 6) is -0.324. The van der Waals surface area contributed by atoms with E-state index < -0.39 is 5.97 Å². The molecular weight excluding hydrogens is 445 g/mol. The third-order valence-corrected chi connectivity index (χ3v) is 7.40. The second kappa shape index (κ2) is 9.99. The van der Waals surface area contributed by atoms with Crippen molar-refractivity contribution in [3.8, 4) is 17.0 Å². The molecule has 3 aromatic rings. The predicted octanol–water partition coefficient (Wildman–Crippen LogP) is 5.11. The Kier molecular flexibility index (Phi) is 6.80. The SMILES string of the molecule is CN(C)CCNC1COc2cc(F)ccc2-c2c(C3CCCCC3)c3ccc(C(=O)O)cc3n2C1. The number of hydrogen-bond acceptors (Lipinski definition) is 4. The fraction of sp³-hybridized carbons (Fsp3) is 0.464. The molecule has 0 bridgehead atoms. The second-order valence-corrected chi connectivity index (χ2v) is 10.2.